The molecule has 0 aliphatic carbocycles. The summed E-state index contributed by atoms with van der Waals surface area (Å²) in [5.74, 6) is 0.911. The molecule has 0 fully saturated rings. The van der Waals surface area contributed by atoms with Gasteiger partial charge < -0.3 is 4.74 Å². The van der Waals surface area contributed by atoms with Gasteiger partial charge in [0.1, 0.15) is 12.0 Å². The lowest BCUT2D eigenvalue weighted by atomic mass is 10.1. The van der Waals surface area contributed by atoms with Crippen LogP contribution >= 0.6 is 0 Å². The van der Waals surface area contributed by atoms with Crippen molar-refractivity contribution in [3.05, 3.63) is 65.7 Å². The minimum Gasteiger partial charge on any atom is -0.494 e. The van der Waals surface area contributed by atoms with Crippen LogP contribution in [-0.4, -0.2) is 12.9 Å². The first kappa shape index (κ1) is 12.4. The van der Waals surface area contributed by atoms with Gasteiger partial charge in [-0.1, -0.05) is 42.5 Å². The predicted molar refractivity (Wildman–Crippen MR) is 72.1 cm³/mol. The Balaban J connectivity index is 1.73. The Kier molecular flexibility index (Phi) is 4.53. The molecule has 0 aliphatic rings. The molecule has 0 saturated carbocycles. The summed E-state index contributed by atoms with van der Waals surface area (Å²) in [6.45, 7) is 0.708. The third-order valence-corrected chi connectivity index (χ3v) is 2.74. The van der Waals surface area contributed by atoms with Crippen LogP contribution in [-0.2, 0) is 6.42 Å². The molecule has 0 radical (unpaired) electrons. The van der Waals surface area contributed by atoms with Gasteiger partial charge >= 0.3 is 0 Å². The zero-order valence-electron chi connectivity index (χ0n) is 10.2. The molecule has 0 unspecified atom stereocenters. The Morgan fingerprint density at radius 1 is 0.944 bits per heavy atom. The number of para-hydroxylation sites is 1. The van der Waals surface area contributed by atoms with Crippen LogP contribution in [0.4, 0.5) is 0 Å². The molecule has 0 amide bonds. The van der Waals surface area contributed by atoms with Crippen molar-refractivity contribution in [1.29, 1.82) is 0 Å². The normalized spacial score (nSPS) is 10.0. The number of carbonyl (C=O) groups excluding carboxylic acids is 1. The van der Waals surface area contributed by atoms with E-state index in [1.165, 1.54) is 5.56 Å². The van der Waals surface area contributed by atoms with Crippen LogP contribution in [0.2, 0.25) is 0 Å². The average Bonchev–Trinajstić information content (AvgIpc) is 2.45. The molecule has 0 aliphatic heterocycles. The van der Waals surface area contributed by atoms with Crippen LogP contribution < -0.4 is 4.74 Å². The van der Waals surface area contributed by atoms with Gasteiger partial charge in [0.05, 0.1) is 6.61 Å². The van der Waals surface area contributed by atoms with Gasteiger partial charge in [-0.05, 0) is 30.5 Å². The molecule has 2 heteroatoms. The van der Waals surface area contributed by atoms with E-state index in [0.29, 0.717) is 6.61 Å². The van der Waals surface area contributed by atoms with Crippen molar-refractivity contribution in [2.45, 2.75) is 12.8 Å². The zero-order chi connectivity index (χ0) is 12.6. The Labute approximate surface area is 107 Å². The average molecular weight is 240 g/mol. The smallest absolute Gasteiger partial charge is 0.150 e. The second kappa shape index (κ2) is 6.60. The molecule has 0 atom stereocenters. The maximum absolute atomic E-state index is 10.5. The second-order valence-corrected chi connectivity index (χ2v) is 4.12. The molecule has 92 valence electrons. The Hall–Kier alpha value is -2.09. The fraction of sp³-hybridized carbons (Fsp3) is 0.188. The molecule has 0 bridgehead atoms. The number of benzene rings is 2. The van der Waals surface area contributed by atoms with Gasteiger partial charge in [-0.3, -0.25) is 4.79 Å². The lowest BCUT2D eigenvalue weighted by Gasteiger charge is -2.05. The van der Waals surface area contributed by atoms with E-state index in [1.807, 2.05) is 54.6 Å². The quantitative estimate of drug-likeness (QED) is 0.570. The van der Waals surface area contributed by atoms with Gasteiger partial charge in [0.15, 0.2) is 0 Å². The fourth-order valence-electron chi connectivity index (χ4n) is 1.75. The maximum Gasteiger partial charge on any atom is 0.150 e. The van der Waals surface area contributed by atoms with Crippen molar-refractivity contribution < 1.29 is 9.53 Å². The highest BCUT2D eigenvalue weighted by Gasteiger charge is 1.96. The van der Waals surface area contributed by atoms with Crippen molar-refractivity contribution in [3.8, 4) is 5.75 Å². The number of aldehydes is 1. The molecular weight excluding hydrogens is 224 g/mol. The summed E-state index contributed by atoms with van der Waals surface area (Å²) in [5, 5.41) is 0. The van der Waals surface area contributed by atoms with Crippen LogP contribution in [0.15, 0.2) is 54.6 Å². The van der Waals surface area contributed by atoms with E-state index in [2.05, 4.69) is 0 Å². The van der Waals surface area contributed by atoms with E-state index >= 15 is 0 Å². The van der Waals surface area contributed by atoms with Gasteiger partial charge in [-0.15, -0.1) is 0 Å². The Morgan fingerprint density at radius 3 is 2.33 bits per heavy atom. The minimum absolute atomic E-state index is 0.708. The standard InChI is InChI=1S/C16H16O2/c17-13-15-10-8-14(9-11-15)5-4-12-18-16-6-2-1-3-7-16/h1-3,6-11,13H,4-5,12H2. The van der Waals surface area contributed by atoms with Gasteiger partial charge in [-0.2, -0.15) is 0 Å². The van der Waals surface area contributed by atoms with Crippen LogP contribution in [0.1, 0.15) is 22.3 Å². The summed E-state index contributed by atoms with van der Waals surface area (Å²) in [6.07, 6.45) is 2.80. The first-order valence-corrected chi connectivity index (χ1v) is 6.10. The molecule has 0 N–H and O–H groups in total. The zero-order valence-corrected chi connectivity index (χ0v) is 10.2. The summed E-state index contributed by atoms with van der Waals surface area (Å²) in [7, 11) is 0. The lowest BCUT2D eigenvalue weighted by Crippen LogP contribution is -1.99. The predicted octanol–water partition coefficient (Wildman–Crippen LogP) is 3.51. The summed E-state index contributed by atoms with van der Waals surface area (Å²) in [6, 6.07) is 17.5. The van der Waals surface area contributed by atoms with Crippen molar-refractivity contribution >= 4 is 6.29 Å². The van der Waals surface area contributed by atoms with Gasteiger partial charge in [0, 0.05) is 5.56 Å². The highest BCUT2D eigenvalue weighted by molar-refractivity contribution is 5.74. The van der Waals surface area contributed by atoms with Gasteiger partial charge in [-0.25, -0.2) is 0 Å². The van der Waals surface area contributed by atoms with Gasteiger partial charge in [0.25, 0.3) is 0 Å². The molecule has 2 aromatic rings. The monoisotopic (exact) mass is 240 g/mol. The van der Waals surface area contributed by atoms with Crippen molar-refractivity contribution in [2.24, 2.45) is 0 Å². The second-order valence-electron chi connectivity index (χ2n) is 4.12. The van der Waals surface area contributed by atoms with Crippen molar-refractivity contribution in [3.63, 3.8) is 0 Å². The summed E-state index contributed by atoms with van der Waals surface area (Å²) < 4.78 is 5.62. The first-order valence-electron chi connectivity index (χ1n) is 6.10. The Bertz CT molecular complexity index is 474. The highest BCUT2D eigenvalue weighted by atomic mass is 16.5. The van der Waals surface area contributed by atoms with E-state index in [-0.39, 0.29) is 0 Å². The van der Waals surface area contributed by atoms with Crippen LogP contribution in [0.3, 0.4) is 0 Å². The largest absolute Gasteiger partial charge is 0.494 e. The molecule has 18 heavy (non-hydrogen) atoms. The molecular formula is C16H16O2. The maximum atomic E-state index is 10.5. The lowest BCUT2D eigenvalue weighted by molar-refractivity contribution is 0.112. The molecule has 2 aromatic carbocycles. The van der Waals surface area contributed by atoms with E-state index < -0.39 is 0 Å². The SMILES string of the molecule is O=Cc1ccc(CCCOc2ccccc2)cc1. The fourth-order valence-corrected chi connectivity index (χ4v) is 1.75. The summed E-state index contributed by atoms with van der Waals surface area (Å²) in [5.41, 5.74) is 1.96. The molecule has 0 saturated heterocycles. The van der Waals surface area contributed by atoms with Crippen LogP contribution in [0, 0.1) is 0 Å². The number of aryl methyl sites for hydroxylation is 1. The summed E-state index contributed by atoms with van der Waals surface area (Å²) >= 11 is 0. The number of hydrogen-bond acceptors (Lipinski definition) is 2. The van der Waals surface area contributed by atoms with Crippen LogP contribution in [0.25, 0.3) is 0 Å². The first-order chi connectivity index (χ1) is 8.88. The minimum atomic E-state index is 0.708. The third-order valence-electron chi connectivity index (χ3n) is 2.74. The highest BCUT2D eigenvalue weighted by Crippen LogP contribution is 2.10. The third kappa shape index (κ3) is 3.74. The van der Waals surface area contributed by atoms with E-state index in [4.69, 9.17) is 4.74 Å². The van der Waals surface area contributed by atoms with Crippen molar-refractivity contribution in [1.82, 2.24) is 0 Å². The molecule has 2 nitrogen and oxygen atoms in total. The van der Waals surface area contributed by atoms with Crippen LogP contribution in [0.5, 0.6) is 5.75 Å². The Morgan fingerprint density at radius 2 is 1.67 bits per heavy atom. The van der Waals surface area contributed by atoms with E-state index in [0.717, 1.165) is 30.4 Å². The number of rotatable bonds is 6. The topological polar surface area (TPSA) is 26.3 Å². The van der Waals surface area contributed by atoms with Gasteiger partial charge in [0.2, 0.25) is 0 Å². The summed E-state index contributed by atoms with van der Waals surface area (Å²) in [4.78, 5) is 10.5. The molecule has 0 spiro atoms. The molecule has 0 aromatic heterocycles. The number of ether oxygens (including phenoxy) is 1. The van der Waals surface area contributed by atoms with E-state index in [9.17, 15) is 4.79 Å². The van der Waals surface area contributed by atoms with Crippen molar-refractivity contribution in [2.75, 3.05) is 6.61 Å². The molecule has 2 rings (SSSR count). The number of carbonyl (C=O) groups is 1. The molecule has 0 heterocycles. The number of hydrogen-bond donors (Lipinski definition) is 0. The van der Waals surface area contributed by atoms with E-state index in [1.54, 1.807) is 0 Å².